The first-order chi connectivity index (χ1) is 22.9. The van der Waals surface area contributed by atoms with Crippen molar-refractivity contribution in [2.45, 2.75) is 71.6 Å². The maximum atomic E-state index is 14.5. The summed E-state index contributed by atoms with van der Waals surface area (Å²) in [5.74, 6) is -0.0469. The smallest absolute Gasteiger partial charge is 0.242 e. The standard InChI is InChI=1S/C32H42FN5O4.C5H12O/c1-24-5-7-28(19-27(24)21-38(23-41)31(4-3-17-39)32(42)34-2)36-15-13-35(14-16-36)20-25-9-11-37(12-10-25)30-8-6-26(22-40)18-29(30)33;1-5(2,3)6-4/h5-8,17-19,22-23,25,31H,3-4,9-16,20-21H2,1-2H3,(H,34,42);1-4H3/t31-;/m0./s1. The van der Waals surface area contributed by atoms with Crippen molar-refractivity contribution in [3.05, 3.63) is 58.9 Å². The lowest BCUT2D eigenvalue weighted by molar-refractivity contribution is -0.133. The summed E-state index contributed by atoms with van der Waals surface area (Å²) in [4.78, 5) is 54.7. The van der Waals surface area contributed by atoms with Gasteiger partial charge in [-0.2, -0.15) is 0 Å². The molecule has 2 amide bonds. The summed E-state index contributed by atoms with van der Waals surface area (Å²) in [6, 6.07) is 10.3. The molecule has 2 saturated heterocycles. The number of hydrogen-bond acceptors (Lipinski definition) is 8. The van der Waals surface area contributed by atoms with Crippen molar-refractivity contribution in [1.82, 2.24) is 15.1 Å². The highest BCUT2D eigenvalue weighted by molar-refractivity contribution is 5.83. The number of anilines is 2. The minimum Gasteiger partial charge on any atom is -0.379 e. The van der Waals surface area contributed by atoms with Gasteiger partial charge in [0, 0.05) is 84.2 Å². The van der Waals surface area contributed by atoms with Crippen molar-refractivity contribution in [3.63, 3.8) is 0 Å². The first kappa shape index (κ1) is 38.6. The predicted molar refractivity (Wildman–Crippen MR) is 188 cm³/mol. The summed E-state index contributed by atoms with van der Waals surface area (Å²) >= 11 is 0. The summed E-state index contributed by atoms with van der Waals surface area (Å²) in [6.45, 7) is 14.7. The van der Waals surface area contributed by atoms with Crippen molar-refractivity contribution in [3.8, 4) is 0 Å². The Kier molecular flexibility index (Phi) is 15.0. The molecule has 48 heavy (non-hydrogen) atoms. The molecule has 2 fully saturated rings. The van der Waals surface area contributed by atoms with Crippen LogP contribution in [0.3, 0.4) is 0 Å². The minimum absolute atomic E-state index is 0.0417. The van der Waals surface area contributed by atoms with Crippen molar-refractivity contribution in [2.24, 2.45) is 5.92 Å². The Hall–Kier alpha value is -3.83. The molecule has 2 aromatic carbocycles. The number of nitrogens with one attached hydrogen (secondary N) is 1. The second kappa shape index (κ2) is 18.6. The zero-order valence-electron chi connectivity index (χ0n) is 29.5. The number of piperidine rings is 1. The van der Waals surface area contributed by atoms with Crippen molar-refractivity contribution >= 4 is 36.3 Å². The van der Waals surface area contributed by atoms with Gasteiger partial charge in [-0.25, -0.2) is 4.39 Å². The molecule has 1 atom stereocenters. The summed E-state index contributed by atoms with van der Waals surface area (Å²) in [7, 11) is 3.24. The van der Waals surface area contributed by atoms with Gasteiger partial charge in [0.05, 0.1) is 11.3 Å². The van der Waals surface area contributed by atoms with E-state index >= 15 is 0 Å². The topological polar surface area (TPSA) is 102 Å². The Bertz CT molecular complexity index is 1350. The van der Waals surface area contributed by atoms with Crippen LogP contribution in [0, 0.1) is 18.7 Å². The highest BCUT2D eigenvalue weighted by atomic mass is 19.1. The van der Waals surface area contributed by atoms with Gasteiger partial charge in [0.15, 0.2) is 0 Å². The SMILES string of the molecule is CNC(=O)[C@H](CCC=O)N(C=O)Cc1cc(N2CCN(CC3CCN(c4ccc(C=O)cc4F)CC3)CC2)ccc1C.COC(C)(C)C. The third-order valence-corrected chi connectivity index (χ3v) is 9.26. The molecule has 2 heterocycles. The van der Waals surface area contributed by atoms with E-state index in [1.54, 1.807) is 19.2 Å². The van der Waals surface area contributed by atoms with Gasteiger partial charge in [-0.05, 0) is 94.3 Å². The number of ether oxygens (including phenoxy) is 1. The predicted octanol–water partition coefficient (Wildman–Crippen LogP) is 4.47. The number of piperazine rings is 1. The van der Waals surface area contributed by atoms with Gasteiger partial charge in [-0.15, -0.1) is 0 Å². The molecule has 2 aliphatic heterocycles. The Morgan fingerprint density at radius 1 is 1.02 bits per heavy atom. The highest BCUT2D eigenvalue weighted by Crippen LogP contribution is 2.28. The van der Waals surface area contributed by atoms with Crippen LogP contribution in [-0.2, 0) is 25.7 Å². The molecule has 0 aromatic heterocycles. The van der Waals surface area contributed by atoms with Crippen molar-refractivity contribution < 1.29 is 28.3 Å². The molecule has 10 nitrogen and oxygen atoms in total. The fourth-order valence-corrected chi connectivity index (χ4v) is 6.05. The summed E-state index contributed by atoms with van der Waals surface area (Å²) in [6.07, 6.45) is 4.64. The number of rotatable bonds is 13. The number of nitrogens with zero attached hydrogens (tertiary/aromatic N) is 4. The van der Waals surface area contributed by atoms with E-state index in [0.29, 0.717) is 36.4 Å². The molecule has 1 N–H and O–H groups in total. The molecule has 264 valence electrons. The van der Waals surface area contributed by atoms with Crippen LogP contribution in [0.4, 0.5) is 15.8 Å². The van der Waals surface area contributed by atoms with Crippen LogP contribution in [0.25, 0.3) is 0 Å². The third kappa shape index (κ3) is 11.4. The Morgan fingerprint density at radius 3 is 2.23 bits per heavy atom. The van der Waals surface area contributed by atoms with E-state index in [2.05, 4.69) is 38.2 Å². The highest BCUT2D eigenvalue weighted by Gasteiger charge is 2.27. The first-order valence-electron chi connectivity index (χ1n) is 16.9. The van der Waals surface area contributed by atoms with Crippen LogP contribution in [0.15, 0.2) is 36.4 Å². The van der Waals surface area contributed by atoms with Crippen LogP contribution >= 0.6 is 0 Å². The average molecular weight is 668 g/mol. The Morgan fingerprint density at radius 2 is 1.69 bits per heavy atom. The lowest BCUT2D eigenvalue weighted by Gasteiger charge is -2.40. The van der Waals surface area contributed by atoms with E-state index < -0.39 is 6.04 Å². The van der Waals surface area contributed by atoms with E-state index in [-0.39, 0.29) is 30.2 Å². The number of benzene rings is 2. The Labute approximate surface area is 285 Å². The number of halogens is 1. The van der Waals surface area contributed by atoms with Crippen LogP contribution in [0.1, 0.15) is 67.9 Å². The third-order valence-electron chi connectivity index (χ3n) is 9.26. The fourth-order valence-electron chi connectivity index (χ4n) is 6.05. The van der Waals surface area contributed by atoms with E-state index in [1.807, 2.05) is 27.7 Å². The normalized spacial score (nSPS) is 16.4. The molecule has 0 spiro atoms. The Balaban J connectivity index is 0.000000952. The number of amides is 2. The number of carbonyl (C=O) groups excluding carboxylic acids is 4. The first-order valence-corrected chi connectivity index (χ1v) is 16.9. The molecule has 2 aromatic rings. The average Bonchev–Trinajstić information content (AvgIpc) is 3.09. The van der Waals surface area contributed by atoms with Gasteiger partial charge in [0.2, 0.25) is 12.3 Å². The number of aldehydes is 2. The van der Waals surface area contributed by atoms with Crippen LogP contribution in [-0.4, -0.2) is 106 Å². The zero-order chi connectivity index (χ0) is 35.3. The second-order valence-corrected chi connectivity index (χ2v) is 13.6. The van der Waals surface area contributed by atoms with E-state index in [1.165, 1.54) is 18.0 Å². The van der Waals surface area contributed by atoms with E-state index in [4.69, 9.17) is 4.74 Å². The number of carbonyl (C=O) groups is 4. The summed E-state index contributed by atoms with van der Waals surface area (Å²) in [5.41, 5.74) is 4.09. The monoisotopic (exact) mass is 667 g/mol. The number of aryl methyl sites for hydroxylation is 1. The lowest BCUT2D eigenvalue weighted by Crippen LogP contribution is -2.49. The van der Waals surface area contributed by atoms with Gasteiger partial charge in [0.25, 0.3) is 0 Å². The van der Waals surface area contributed by atoms with Gasteiger partial charge in [-0.3, -0.25) is 19.3 Å². The molecule has 0 radical (unpaired) electrons. The zero-order valence-corrected chi connectivity index (χ0v) is 29.5. The second-order valence-electron chi connectivity index (χ2n) is 13.6. The van der Waals surface area contributed by atoms with Gasteiger partial charge < -0.3 is 29.5 Å². The molecule has 0 unspecified atom stereocenters. The van der Waals surface area contributed by atoms with Gasteiger partial charge in [0.1, 0.15) is 24.4 Å². The van der Waals surface area contributed by atoms with E-state index in [9.17, 15) is 23.6 Å². The summed E-state index contributed by atoms with van der Waals surface area (Å²) in [5, 5.41) is 2.60. The van der Waals surface area contributed by atoms with Gasteiger partial charge in [-0.1, -0.05) is 6.07 Å². The molecular weight excluding hydrogens is 613 g/mol. The molecule has 0 saturated carbocycles. The maximum Gasteiger partial charge on any atom is 0.242 e. The number of methoxy groups -OCH3 is 1. The van der Waals surface area contributed by atoms with Crippen LogP contribution < -0.4 is 15.1 Å². The van der Waals surface area contributed by atoms with Crippen LogP contribution in [0.5, 0.6) is 0 Å². The van der Waals surface area contributed by atoms with Crippen molar-refractivity contribution in [2.75, 3.05) is 69.8 Å². The van der Waals surface area contributed by atoms with Gasteiger partial charge >= 0.3 is 0 Å². The largest absolute Gasteiger partial charge is 0.379 e. The molecule has 4 rings (SSSR count). The van der Waals surface area contributed by atoms with E-state index in [0.717, 1.165) is 81.8 Å². The van der Waals surface area contributed by atoms with Crippen molar-refractivity contribution in [1.29, 1.82) is 0 Å². The molecule has 11 heteroatoms. The number of likely N-dealkylation sites (N-methyl/N-ethyl adjacent to an activating group) is 1. The summed E-state index contributed by atoms with van der Waals surface area (Å²) < 4.78 is 19.4. The minimum atomic E-state index is -0.696. The molecule has 0 aliphatic carbocycles. The maximum absolute atomic E-state index is 14.5. The van der Waals surface area contributed by atoms with Crippen LogP contribution in [0.2, 0.25) is 0 Å². The quantitative estimate of drug-likeness (QED) is 0.313. The molecular formula is C37H54FN5O5. The fraction of sp³-hybridized carbons (Fsp3) is 0.568. The lowest BCUT2D eigenvalue weighted by atomic mass is 9.95. The molecule has 2 aliphatic rings. The molecule has 0 bridgehead atoms. The number of hydrogen-bond donors (Lipinski definition) is 1.